The lowest BCUT2D eigenvalue weighted by atomic mass is 10.2. The molecule has 0 amide bonds. The Kier molecular flexibility index (Phi) is 5.83. The van der Waals surface area contributed by atoms with Crippen molar-refractivity contribution in [2.24, 2.45) is 0 Å². The molecule has 0 unspecified atom stereocenters. The van der Waals surface area contributed by atoms with Crippen molar-refractivity contribution in [3.05, 3.63) is 81.6 Å². The van der Waals surface area contributed by atoms with Gasteiger partial charge < -0.3 is 10.7 Å². The Morgan fingerprint density at radius 3 is 2.63 bits per heavy atom. The van der Waals surface area contributed by atoms with E-state index < -0.39 is 0 Å². The topological polar surface area (TPSA) is 87.8 Å². The molecule has 0 fully saturated rings. The van der Waals surface area contributed by atoms with Crippen LogP contribution in [0.1, 0.15) is 21.5 Å². The zero-order valence-corrected chi connectivity index (χ0v) is 15.5. The minimum Gasteiger partial charge on any atom is -0.372 e. The monoisotopic (exact) mass is 378 g/mol. The lowest BCUT2D eigenvalue weighted by Gasteiger charge is -2.15. The number of rotatable bonds is 7. The Bertz CT molecular complexity index is 1030. The van der Waals surface area contributed by atoms with Crippen LogP contribution in [0.15, 0.2) is 64.5 Å². The van der Waals surface area contributed by atoms with E-state index in [1.807, 2.05) is 48.5 Å². The molecule has 1 heterocycles. The summed E-state index contributed by atoms with van der Waals surface area (Å²) in [6.07, 6.45) is 1.83. The van der Waals surface area contributed by atoms with E-state index in [9.17, 15) is 9.59 Å². The minimum atomic E-state index is -0.306. The first-order valence-electron chi connectivity index (χ1n) is 8.25. The predicted octanol–water partition coefficient (Wildman–Crippen LogP) is 3.38. The lowest BCUT2D eigenvalue weighted by Crippen LogP contribution is -2.26. The van der Waals surface area contributed by atoms with Crippen molar-refractivity contribution < 1.29 is 4.79 Å². The first-order chi connectivity index (χ1) is 13.2. The molecule has 0 aliphatic carbocycles. The Morgan fingerprint density at radius 2 is 1.96 bits per heavy atom. The molecule has 0 radical (unpaired) electrons. The molecule has 0 saturated carbocycles. The fraction of sp³-hybridized carbons (Fsp3) is 0.100. The number of hydrogen-bond donors (Lipinski definition) is 2. The van der Waals surface area contributed by atoms with E-state index >= 15 is 0 Å². The number of para-hydroxylation sites is 1. The Hall–Kier alpha value is -3.19. The van der Waals surface area contributed by atoms with Gasteiger partial charge in [-0.05, 0) is 23.8 Å². The summed E-state index contributed by atoms with van der Waals surface area (Å²) in [6.45, 7) is 0. The van der Waals surface area contributed by atoms with E-state index in [0.717, 1.165) is 18.1 Å². The second-order valence-corrected chi connectivity index (χ2v) is 6.62. The number of nitrogens with zero attached hydrogens (tertiary/aromatic N) is 2. The molecule has 27 heavy (non-hydrogen) atoms. The molecular weight excluding hydrogens is 360 g/mol. The molecule has 0 atom stereocenters. The van der Waals surface area contributed by atoms with Crippen molar-refractivity contribution in [1.29, 1.82) is 5.41 Å². The summed E-state index contributed by atoms with van der Waals surface area (Å²) in [4.78, 5) is 28.5. The van der Waals surface area contributed by atoms with E-state index in [1.165, 1.54) is 16.3 Å². The molecule has 2 aromatic carbocycles. The van der Waals surface area contributed by atoms with Crippen LogP contribution >= 0.6 is 11.8 Å². The Labute approximate surface area is 160 Å². The summed E-state index contributed by atoms with van der Waals surface area (Å²) in [7, 11) is 1.67. The van der Waals surface area contributed by atoms with Crippen molar-refractivity contribution in [3.63, 3.8) is 0 Å². The van der Waals surface area contributed by atoms with Gasteiger partial charge in [0.15, 0.2) is 5.16 Å². The number of carbonyl (C=O) groups is 1. The number of aromatic nitrogens is 2. The number of anilines is 1. The van der Waals surface area contributed by atoms with Crippen LogP contribution in [0.5, 0.6) is 0 Å². The second kappa shape index (κ2) is 8.46. The maximum Gasteiger partial charge on any atom is 0.269 e. The third-order valence-electron chi connectivity index (χ3n) is 3.94. The third kappa shape index (κ3) is 3.98. The standard InChI is InChI=1S/C20H18N4O2S/c1-22-18-17(11-21)19(26)24(16-8-3-2-4-9-16)20(23-18)27-13-15-7-5-6-14(10-15)12-25/h2-12,21-22H,13H2,1H3. The first-order valence-corrected chi connectivity index (χ1v) is 9.24. The van der Waals surface area contributed by atoms with Crippen LogP contribution in [0.25, 0.3) is 5.69 Å². The number of aldehydes is 1. The quantitative estimate of drug-likeness (QED) is 0.285. The lowest BCUT2D eigenvalue weighted by molar-refractivity contribution is 0.112. The summed E-state index contributed by atoms with van der Waals surface area (Å²) >= 11 is 1.40. The van der Waals surface area contributed by atoms with Gasteiger partial charge in [-0.25, -0.2) is 4.98 Å². The van der Waals surface area contributed by atoms with Gasteiger partial charge in [0, 0.05) is 24.6 Å². The highest BCUT2D eigenvalue weighted by atomic mass is 32.2. The second-order valence-electron chi connectivity index (χ2n) is 5.68. The van der Waals surface area contributed by atoms with Crippen molar-refractivity contribution in [1.82, 2.24) is 9.55 Å². The summed E-state index contributed by atoms with van der Waals surface area (Å²) in [6, 6.07) is 16.5. The van der Waals surface area contributed by atoms with Gasteiger partial charge in [-0.1, -0.05) is 48.2 Å². The van der Waals surface area contributed by atoms with Crippen LogP contribution in [0.4, 0.5) is 5.82 Å². The van der Waals surface area contributed by atoms with Crippen LogP contribution in [0.2, 0.25) is 0 Å². The van der Waals surface area contributed by atoms with E-state index in [4.69, 9.17) is 5.41 Å². The predicted molar refractivity (Wildman–Crippen MR) is 109 cm³/mol. The van der Waals surface area contributed by atoms with Gasteiger partial charge in [-0.2, -0.15) is 0 Å². The van der Waals surface area contributed by atoms with E-state index in [-0.39, 0.29) is 11.1 Å². The van der Waals surface area contributed by atoms with Crippen LogP contribution in [-0.4, -0.2) is 29.1 Å². The van der Waals surface area contributed by atoms with E-state index in [1.54, 1.807) is 13.1 Å². The number of nitrogens with one attached hydrogen (secondary N) is 2. The Morgan fingerprint density at radius 1 is 1.19 bits per heavy atom. The number of thioether (sulfide) groups is 1. The largest absolute Gasteiger partial charge is 0.372 e. The molecule has 0 aliphatic rings. The molecule has 3 aromatic rings. The molecule has 0 bridgehead atoms. The zero-order chi connectivity index (χ0) is 19.2. The number of hydrogen-bond acceptors (Lipinski definition) is 6. The van der Waals surface area contributed by atoms with Gasteiger partial charge in [0.2, 0.25) is 0 Å². The molecular formula is C20H18N4O2S. The average molecular weight is 378 g/mol. The highest BCUT2D eigenvalue weighted by molar-refractivity contribution is 7.98. The first kappa shape index (κ1) is 18.6. The normalized spacial score (nSPS) is 10.4. The van der Waals surface area contributed by atoms with Gasteiger partial charge in [0.25, 0.3) is 5.56 Å². The van der Waals surface area contributed by atoms with Crippen molar-refractivity contribution in [2.75, 3.05) is 12.4 Å². The molecule has 1 aromatic heterocycles. The van der Waals surface area contributed by atoms with Gasteiger partial charge in [0.05, 0.1) is 5.69 Å². The molecule has 136 valence electrons. The summed E-state index contributed by atoms with van der Waals surface area (Å²) in [5, 5.41) is 11.0. The van der Waals surface area contributed by atoms with Crippen LogP contribution in [0.3, 0.4) is 0 Å². The van der Waals surface area contributed by atoms with Crippen molar-refractivity contribution in [2.45, 2.75) is 10.9 Å². The van der Waals surface area contributed by atoms with Crippen molar-refractivity contribution >= 4 is 30.1 Å². The van der Waals surface area contributed by atoms with E-state index in [0.29, 0.717) is 28.0 Å². The van der Waals surface area contributed by atoms with Gasteiger partial charge in [0.1, 0.15) is 17.7 Å². The van der Waals surface area contributed by atoms with Gasteiger partial charge in [-0.3, -0.25) is 14.2 Å². The minimum absolute atomic E-state index is 0.202. The SMILES string of the molecule is CNc1nc(SCc2cccc(C=O)c2)n(-c2ccccc2)c(=O)c1C=N. The fourth-order valence-electron chi connectivity index (χ4n) is 2.64. The van der Waals surface area contributed by atoms with Gasteiger partial charge >= 0.3 is 0 Å². The molecule has 3 rings (SSSR count). The van der Waals surface area contributed by atoms with E-state index in [2.05, 4.69) is 10.3 Å². The third-order valence-corrected chi connectivity index (χ3v) is 4.95. The number of carbonyl (C=O) groups excluding carboxylic acids is 1. The maximum absolute atomic E-state index is 13.0. The van der Waals surface area contributed by atoms with Crippen LogP contribution in [-0.2, 0) is 5.75 Å². The molecule has 2 N–H and O–H groups in total. The highest BCUT2D eigenvalue weighted by Crippen LogP contribution is 2.25. The summed E-state index contributed by atoms with van der Waals surface area (Å²) in [5.74, 6) is 0.917. The smallest absolute Gasteiger partial charge is 0.269 e. The maximum atomic E-state index is 13.0. The van der Waals surface area contributed by atoms with Crippen molar-refractivity contribution in [3.8, 4) is 5.69 Å². The molecule has 0 spiro atoms. The highest BCUT2D eigenvalue weighted by Gasteiger charge is 2.16. The average Bonchev–Trinajstić information content (AvgIpc) is 2.72. The number of benzene rings is 2. The zero-order valence-electron chi connectivity index (χ0n) is 14.7. The van der Waals surface area contributed by atoms with Crippen LogP contribution in [0, 0.1) is 5.41 Å². The molecule has 0 saturated heterocycles. The van der Waals surface area contributed by atoms with Gasteiger partial charge in [-0.15, -0.1) is 0 Å². The fourth-order valence-corrected chi connectivity index (χ4v) is 3.59. The molecule has 7 heteroatoms. The summed E-state index contributed by atoms with van der Waals surface area (Å²) in [5.41, 5.74) is 2.15. The van der Waals surface area contributed by atoms with Crippen LogP contribution < -0.4 is 10.9 Å². The molecule has 6 nitrogen and oxygen atoms in total. The Balaban J connectivity index is 2.07. The summed E-state index contributed by atoms with van der Waals surface area (Å²) < 4.78 is 1.51. The molecule has 0 aliphatic heterocycles.